The fourth-order valence-corrected chi connectivity index (χ4v) is 3.11. The van der Waals surface area contributed by atoms with Gasteiger partial charge in [0, 0.05) is 31.8 Å². The topological polar surface area (TPSA) is 81.9 Å². The number of non-ortho nitro benzene ring substituents is 1. The number of hydrogen-bond acceptors (Lipinski definition) is 6. The highest BCUT2D eigenvalue weighted by Gasteiger charge is 2.26. The van der Waals surface area contributed by atoms with E-state index in [0.717, 1.165) is 31.7 Å². The molecule has 27 heavy (non-hydrogen) atoms. The molecule has 7 heteroatoms. The number of ether oxygens (including phenoxy) is 2. The number of nitrogens with zero attached hydrogens (tertiary/aromatic N) is 2. The van der Waals surface area contributed by atoms with Crippen LogP contribution in [0.2, 0.25) is 0 Å². The number of hydrogen-bond donors (Lipinski definition) is 0. The van der Waals surface area contributed by atoms with Gasteiger partial charge in [0.1, 0.15) is 11.9 Å². The molecule has 142 valence electrons. The molecule has 1 heterocycles. The lowest BCUT2D eigenvalue weighted by atomic mass is 10.1. The Bertz CT molecular complexity index is 789. The second-order valence-electron chi connectivity index (χ2n) is 6.52. The molecule has 0 amide bonds. The molecule has 1 aliphatic heterocycles. The molecule has 0 radical (unpaired) electrons. The van der Waals surface area contributed by atoms with Crippen molar-refractivity contribution < 1.29 is 19.2 Å². The number of esters is 1. The molecular weight excluding hydrogens is 348 g/mol. The van der Waals surface area contributed by atoms with E-state index in [-0.39, 0.29) is 11.8 Å². The first-order chi connectivity index (χ1) is 13.0. The fourth-order valence-electron chi connectivity index (χ4n) is 3.11. The number of likely N-dealkylation sites (tertiary alicyclic amines) is 1. The highest BCUT2D eigenvalue weighted by atomic mass is 16.6. The van der Waals surface area contributed by atoms with Gasteiger partial charge in [-0.1, -0.05) is 12.1 Å². The molecule has 7 nitrogen and oxygen atoms in total. The van der Waals surface area contributed by atoms with Crippen LogP contribution < -0.4 is 4.74 Å². The van der Waals surface area contributed by atoms with Crippen LogP contribution in [-0.2, 0) is 11.2 Å². The van der Waals surface area contributed by atoms with Crippen molar-refractivity contribution in [1.82, 2.24) is 4.90 Å². The van der Waals surface area contributed by atoms with Crippen molar-refractivity contribution in [3.8, 4) is 5.75 Å². The summed E-state index contributed by atoms with van der Waals surface area (Å²) in [5.41, 5.74) is 1.52. The van der Waals surface area contributed by atoms with Crippen LogP contribution in [0, 0.1) is 10.1 Å². The van der Waals surface area contributed by atoms with E-state index in [0.29, 0.717) is 12.1 Å². The quantitative estimate of drug-likeness (QED) is 0.423. The van der Waals surface area contributed by atoms with Crippen molar-refractivity contribution in [2.75, 3.05) is 26.7 Å². The minimum Gasteiger partial charge on any atom is -0.497 e. The first-order valence-electron chi connectivity index (χ1n) is 8.86. The molecule has 1 fully saturated rings. The zero-order valence-electron chi connectivity index (χ0n) is 15.2. The number of carbonyl (C=O) groups is 1. The first kappa shape index (κ1) is 18.8. The Kier molecular flexibility index (Phi) is 6.03. The summed E-state index contributed by atoms with van der Waals surface area (Å²) in [5.74, 6) is 0.407. The lowest BCUT2D eigenvalue weighted by Crippen LogP contribution is -2.26. The van der Waals surface area contributed by atoms with E-state index in [4.69, 9.17) is 9.47 Å². The van der Waals surface area contributed by atoms with Crippen LogP contribution in [0.25, 0.3) is 0 Å². The zero-order valence-corrected chi connectivity index (χ0v) is 15.2. The summed E-state index contributed by atoms with van der Waals surface area (Å²) < 4.78 is 10.7. The number of benzene rings is 2. The van der Waals surface area contributed by atoms with E-state index < -0.39 is 10.9 Å². The van der Waals surface area contributed by atoms with Gasteiger partial charge in [0.05, 0.1) is 17.6 Å². The number of rotatable bonds is 7. The Hall–Kier alpha value is -2.93. The van der Waals surface area contributed by atoms with Gasteiger partial charge in [-0.2, -0.15) is 0 Å². The predicted molar refractivity (Wildman–Crippen MR) is 100 cm³/mol. The molecule has 0 bridgehead atoms. The minimum absolute atomic E-state index is 0.0443. The SMILES string of the molecule is COc1ccc(CCN2CCC(OC(=O)c3ccc([N+](=O)[O-])cc3)C2)cc1. The Morgan fingerprint density at radius 1 is 1.19 bits per heavy atom. The van der Waals surface area contributed by atoms with Gasteiger partial charge in [0.25, 0.3) is 5.69 Å². The Labute approximate surface area is 157 Å². The molecule has 0 spiro atoms. The van der Waals surface area contributed by atoms with Crippen molar-refractivity contribution in [3.63, 3.8) is 0 Å². The largest absolute Gasteiger partial charge is 0.497 e. The smallest absolute Gasteiger partial charge is 0.338 e. The van der Waals surface area contributed by atoms with Gasteiger partial charge >= 0.3 is 5.97 Å². The summed E-state index contributed by atoms with van der Waals surface area (Å²) in [5, 5.41) is 10.7. The van der Waals surface area contributed by atoms with E-state index in [1.165, 1.54) is 29.8 Å². The van der Waals surface area contributed by atoms with Crippen LogP contribution in [0.1, 0.15) is 22.3 Å². The highest BCUT2D eigenvalue weighted by molar-refractivity contribution is 5.89. The number of carbonyl (C=O) groups excluding carboxylic acids is 1. The molecule has 1 aliphatic rings. The van der Waals surface area contributed by atoms with Gasteiger partial charge in [0.15, 0.2) is 0 Å². The maximum absolute atomic E-state index is 12.2. The summed E-state index contributed by atoms with van der Waals surface area (Å²) in [4.78, 5) is 24.7. The van der Waals surface area contributed by atoms with Gasteiger partial charge in [-0.05, 0) is 42.7 Å². The van der Waals surface area contributed by atoms with E-state index >= 15 is 0 Å². The van der Waals surface area contributed by atoms with Gasteiger partial charge in [0.2, 0.25) is 0 Å². The third kappa shape index (κ3) is 5.04. The highest BCUT2D eigenvalue weighted by Crippen LogP contribution is 2.18. The Morgan fingerprint density at radius 3 is 2.52 bits per heavy atom. The summed E-state index contributed by atoms with van der Waals surface area (Å²) in [6, 6.07) is 13.5. The lowest BCUT2D eigenvalue weighted by molar-refractivity contribution is -0.384. The maximum atomic E-state index is 12.2. The normalized spacial score (nSPS) is 16.9. The second-order valence-corrected chi connectivity index (χ2v) is 6.52. The molecule has 2 aromatic rings. The Balaban J connectivity index is 1.46. The average molecular weight is 370 g/mol. The van der Waals surface area contributed by atoms with Crippen molar-refractivity contribution in [2.45, 2.75) is 18.9 Å². The van der Waals surface area contributed by atoms with E-state index in [1.54, 1.807) is 7.11 Å². The summed E-state index contributed by atoms with van der Waals surface area (Å²) in [6.07, 6.45) is 1.57. The summed E-state index contributed by atoms with van der Waals surface area (Å²) >= 11 is 0. The molecule has 1 saturated heterocycles. The third-order valence-electron chi connectivity index (χ3n) is 4.69. The van der Waals surface area contributed by atoms with E-state index in [9.17, 15) is 14.9 Å². The predicted octanol–water partition coefficient (Wildman–Crippen LogP) is 3.08. The van der Waals surface area contributed by atoms with E-state index in [1.807, 2.05) is 12.1 Å². The number of nitro groups is 1. The molecule has 0 aliphatic carbocycles. The van der Waals surface area contributed by atoms with E-state index in [2.05, 4.69) is 17.0 Å². The fraction of sp³-hybridized carbons (Fsp3) is 0.350. The van der Waals surface area contributed by atoms with Crippen molar-refractivity contribution >= 4 is 11.7 Å². The van der Waals surface area contributed by atoms with Crippen LogP contribution >= 0.6 is 0 Å². The van der Waals surface area contributed by atoms with Crippen molar-refractivity contribution in [3.05, 3.63) is 69.8 Å². The van der Waals surface area contributed by atoms with Crippen molar-refractivity contribution in [2.24, 2.45) is 0 Å². The Morgan fingerprint density at radius 2 is 1.89 bits per heavy atom. The minimum atomic E-state index is -0.493. The van der Waals surface area contributed by atoms with Gasteiger partial charge in [-0.15, -0.1) is 0 Å². The number of methoxy groups -OCH3 is 1. The zero-order chi connectivity index (χ0) is 19.2. The van der Waals surface area contributed by atoms with Crippen LogP contribution in [-0.4, -0.2) is 48.6 Å². The molecule has 1 unspecified atom stereocenters. The molecule has 0 aromatic heterocycles. The lowest BCUT2D eigenvalue weighted by Gasteiger charge is -2.16. The molecule has 1 atom stereocenters. The van der Waals surface area contributed by atoms with Gasteiger partial charge in [-0.3, -0.25) is 15.0 Å². The van der Waals surface area contributed by atoms with Crippen LogP contribution in [0.15, 0.2) is 48.5 Å². The van der Waals surface area contributed by atoms with Crippen molar-refractivity contribution in [1.29, 1.82) is 0 Å². The molecule has 2 aromatic carbocycles. The van der Waals surface area contributed by atoms with Crippen LogP contribution in [0.3, 0.4) is 0 Å². The number of nitro benzene ring substituents is 1. The second kappa shape index (κ2) is 8.64. The van der Waals surface area contributed by atoms with Gasteiger partial charge in [-0.25, -0.2) is 4.79 Å². The average Bonchev–Trinajstić information content (AvgIpc) is 3.14. The molecule has 3 rings (SSSR count). The maximum Gasteiger partial charge on any atom is 0.338 e. The molecule has 0 N–H and O–H groups in total. The molecule has 0 saturated carbocycles. The van der Waals surface area contributed by atoms with Crippen LogP contribution in [0.4, 0.5) is 5.69 Å². The standard InChI is InChI=1S/C20H22N2O5/c1-26-18-8-2-15(3-9-18)10-12-21-13-11-19(14-21)27-20(23)16-4-6-17(7-5-16)22(24)25/h2-9,19H,10-14H2,1H3. The summed E-state index contributed by atoms with van der Waals surface area (Å²) in [7, 11) is 1.65. The third-order valence-corrected chi connectivity index (χ3v) is 4.69. The molecular formula is C20H22N2O5. The first-order valence-corrected chi connectivity index (χ1v) is 8.86. The van der Waals surface area contributed by atoms with Gasteiger partial charge < -0.3 is 9.47 Å². The monoisotopic (exact) mass is 370 g/mol. The summed E-state index contributed by atoms with van der Waals surface area (Å²) in [6.45, 7) is 2.49. The van der Waals surface area contributed by atoms with Crippen LogP contribution in [0.5, 0.6) is 5.75 Å².